The summed E-state index contributed by atoms with van der Waals surface area (Å²) in [5.74, 6) is 1.36. The standard InChI is InChI=1S/C27H25N3O4S/c1-17(20-12-13-23-24(14-20)34-16-33-23)28-25(31)15-35-27-29-22-11-7-6-10-21(22)26(32)30(27)18(2)19-8-4-3-5-9-19/h3-14,17-18H,15-16H2,1-2H3,(H,28,31)/t17-,18-/m1/s1. The molecule has 4 aromatic rings. The van der Waals surface area contributed by atoms with Gasteiger partial charge in [-0.15, -0.1) is 0 Å². The van der Waals surface area contributed by atoms with Gasteiger partial charge in [0.2, 0.25) is 12.7 Å². The van der Waals surface area contributed by atoms with Gasteiger partial charge >= 0.3 is 0 Å². The molecule has 8 heteroatoms. The Bertz CT molecular complexity index is 1440. The van der Waals surface area contributed by atoms with Crippen LogP contribution in [0.4, 0.5) is 0 Å². The van der Waals surface area contributed by atoms with Crippen molar-refractivity contribution in [3.63, 3.8) is 0 Å². The number of thioether (sulfide) groups is 1. The molecule has 35 heavy (non-hydrogen) atoms. The van der Waals surface area contributed by atoms with Gasteiger partial charge in [-0.1, -0.05) is 60.3 Å². The molecular formula is C27H25N3O4S. The maximum atomic E-state index is 13.5. The number of hydrogen-bond donors (Lipinski definition) is 1. The van der Waals surface area contributed by atoms with Gasteiger partial charge in [0, 0.05) is 0 Å². The quantitative estimate of drug-likeness (QED) is 0.301. The van der Waals surface area contributed by atoms with Crippen LogP contribution in [0.15, 0.2) is 82.7 Å². The zero-order valence-electron chi connectivity index (χ0n) is 19.4. The van der Waals surface area contributed by atoms with Gasteiger partial charge in [-0.2, -0.15) is 0 Å². The van der Waals surface area contributed by atoms with Crippen LogP contribution in [0.2, 0.25) is 0 Å². The Balaban J connectivity index is 1.37. The minimum absolute atomic E-state index is 0.122. The SMILES string of the molecule is C[C@H](c1ccccc1)n1c(SCC(=O)N[C@H](C)c2ccc3c(c2)OCO3)nc2ccccc2c1=O. The molecule has 3 aromatic carbocycles. The third-order valence-electron chi connectivity index (χ3n) is 6.05. The van der Waals surface area contributed by atoms with Gasteiger partial charge in [-0.3, -0.25) is 14.2 Å². The number of hydrogen-bond acceptors (Lipinski definition) is 6. The van der Waals surface area contributed by atoms with Crippen molar-refractivity contribution < 1.29 is 14.3 Å². The molecule has 1 aliphatic heterocycles. The second-order valence-electron chi connectivity index (χ2n) is 8.36. The van der Waals surface area contributed by atoms with E-state index in [0.717, 1.165) is 11.1 Å². The largest absolute Gasteiger partial charge is 0.454 e. The number of carbonyl (C=O) groups excluding carboxylic acids is 1. The lowest BCUT2D eigenvalue weighted by molar-refractivity contribution is -0.119. The van der Waals surface area contributed by atoms with E-state index in [1.54, 1.807) is 10.6 Å². The van der Waals surface area contributed by atoms with Crippen LogP contribution in [-0.2, 0) is 4.79 Å². The molecule has 2 heterocycles. The summed E-state index contributed by atoms with van der Waals surface area (Å²) in [7, 11) is 0. The van der Waals surface area contributed by atoms with Crippen LogP contribution < -0.4 is 20.3 Å². The van der Waals surface area contributed by atoms with Crippen molar-refractivity contribution in [1.82, 2.24) is 14.9 Å². The topological polar surface area (TPSA) is 82.5 Å². The Morgan fingerprint density at radius 1 is 1.00 bits per heavy atom. The highest BCUT2D eigenvalue weighted by atomic mass is 32.2. The molecule has 0 radical (unpaired) electrons. The van der Waals surface area contributed by atoms with E-state index in [1.807, 2.05) is 80.6 Å². The Kier molecular flexibility index (Phi) is 6.46. The monoisotopic (exact) mass is 487 g/mol. The zero-order valence-corrected chi connectivity index (χ0v) is 20.2. The number of para-hydroxylation sites is 1. The molecule has 5 rings (SSSR count). The maximum absolute atomic E-state index is 13.5. The number of benzene rings is 3. The van der Waals surface area contributed by atoms with Crippen molar-refractivity contribution >= 4 is 28.6 Å². The van der Waals surface area contributed by atoms with Crippen LogP contribution in [0.3, 0.4) is 0 Å². The van der Waals surface area contributed by atoms with E-state index in [1.165, 1.54) is 11.8 Å². The van der Waals surface area contributed by atoms with Crippen molar-refractivity contribution in [3.8, 4) is 11.5 Å². The van der Waals surface area contributed by atoms with Gasteiger partial charge in [0.05, 0.1) is 28.7 Å². The average Bonchev–Trinajstić information content (AvgIpc) is 3.36. The van der Waals surface area contributed by atoms with Crippen LogP contribution in [-0.4, -0.2) is 28.0 Å². The predicted molar refractivity (Wildman–Crippen MR) is 136 cm³/mol. The van der Waals surface area contributed by atoms with Gasteiger partial charge in [-0.05, 0) is 49.2 Å². The minimum atomic E-state index is -0.237. The average molecular weight is 488 g/mol. The molecule has 1 aromatic heterocycles. The van der Waals surface area contributed by atoms with Crippen LogP contribution in [0.5, 0.6) is 11.5 Å². The highest BCUT2D eigenvalue weighted by Gasteiger charge is 2.20. The van der Waals surface area contributed by atoms with Crippen LogP contribution >= 0.6 is 11.8 Å². The smallest absolute Gasteiger partial charge is 0.262 e. The summed E-state index contributed by atoms with van der Waals surface area (Å²) in [5, 5.41) is 4.08. The van der Waals surface area contributed by atoms with Gasteiger partial charge < -0.3 is 14.8 Å². The van der Waals surface area contributed by atoms with Gasteiger partial charge in [0.15, 0.2) is 16.7 Å². The number of amides is 1. The minimum Gasteiger partial charge on any atom is -0.454 e. The fourth-order valence-corrected chi connectivity index (χ4v) is 5.02. The number of nitrogens with one attached hydrogen (secondary N) is 1. The van der Waals surface area contributed by atoms with Crippen LogP contribution in [0, 0.1) is 0 Å². The lowest BCUT2D eigenvalue weighted by atomic mass is 10.1. The highest BCUT2D eigenvalue weighted by molar-refractivity contribution is 7.99. The third kappa shape index (κ3) is 4.74. The van der Waals surface area contributed by atoms with Crippen LogP contribution in [0.1, 0.15) is 37.1 Å². The van der Waals surface area contributed by atoms with Crippen molar-refractivity contribution in [2.45, 2.75) is 31.1 Å². The molecule has 1 N–H and O–H groups in total. The van der Waals surface area contributed by atoms with Crippen molar-refractivity contribution in [2.75, 3.05) is 12.5 Å². The molecule has 0 bridgehead atoms. The van der Waals surface area contributed by atoms with E-state index in [0.29, 0.717) is 27.6 Å². The second kappa shape index (κ2) is 9.84. The molecule has 1 amide bonds. The first-order valence-corrected chi connectivity index (χ1v) is 12.4. The van der Waals surface area contributed by atoms with Crippen molar-refractivity contribution in [1.29, 1.82) is 0 Å². The Labute approximate surface area is 207 Å². The molecular weight excluding hydrogens is 462 g/mol. The predicted octanol–water partition coefficient (Wildman–Crippen LogP) is 4.70. The number of aromatic nitrogens is 2. The molecule has 2 atom stereocenters. The summed E-state index contributed by atoms with van der Waals surface area (Å²) < 4.78 is 12.5. The number of carbonyl (C=O) groups is 1. The molecule has 178 valence electrons. The van der Waals surface area contributed by atoms with E-state index in [2.05, 4.69) is 5.32 Å². The molecule has 0 aliphatic carbocycles. The van der Waals surface area contributed by atoms with E-state index in [9.17, 15) is 9.59 Å². The van der Waals surface area contributed by atoms with Crippen molar-refractivity contribution in [3.05, 3.63) is 94.3 Å². The van der Waals surface area contributed by atoms with Crippen LogP contribution in [0.25, 0.3) is 10.9 Å². The molecule has 0 saturated carbocycles. The number of ether oxygens (including phenoxy) is 2. The molecule has 0 saturated heterocycles. The summed E-state index contributed by atoms with van der Waals surface area (Å²) in [6, 6.07) is 22.3. The van der Waals surface area contributed by atoms with E-state index < -0.39 is 0 Å². The fourth-order valence-electron chi connectivity index (χ4n) is 4.13. The Morgan fingerprint density at radius 3 is 2.57 bits per heavy atom. The summed E-state index contributed by atoms with van der Waals surface area (Å²) in [4.78, 5) is 31.0. The Hall–Kier alpha value is -3.78. The summed E-state index contributed by atoms with van der Waals surface area (Å²) >= 11 is 1.26. The zero-order chi connectivity index (χ0) is 24.4. The summed E-state index contributed by atoms with van der Waals surface area (Å²) in [6.07, 6.45) is 0. The molecule has 1 aliphatic rings. The molecule has 0 unspecified atom stereocenters. The summed E-state index contributed by atoms with van der Waals surface area (Å²) in [6.45, 7) is 4.10. The van der Waals surface area contributed by atoms with Gasteiger partial charge in [0.1, 0.15) is 0 Å². The molecule has 0 fully saturated rings. The molecule has 7 nitrogen and oxygen atoms in total. The number of rotatable bonds is 7. The molecule has 0 spiro atoms. The fraction of sp³-hybridized carbons (Fsp3) is 0.222. The first kappa shape index (κ1) is 23.0. The highest BCUT2D eigenvalue weighted by Crippen LogP contribution is 2.34. The third-order valence-corrected chi connectivity index (χ3v) is 7.00. The normalized spacial score (nSPS) is 14.0. The second-order valence-corrected chi connectivity index (χ2v) is 9.31. The lowest BCUT2D eigenvalue weighted by Crippen LogP contribution is -2.30. The van der Waals surface area contributed by atoms with Gasteiger partial charge in [-0.25, -0.2) is 4.98 Å². The van der Waals surface area contributed by atoms with E-state index in [-0.39, 0.29) is 36.1 Å². The first-order valence-electron chi connectivity index (χ1n) is 11.4. The Morgan fingerprint density at radius 2 is 1.74 bits per heavy atom. The van der Waals surface area contributed by atoms with Gasteiger partial charge in [0.25, 0.3) is 5.56 Å². The van der Waals surface area contributed by atoms with E-state index in [4.69, 9.17) is 14.5 Å². The first-order chi connectivity index (χ1) is 17.0. The lowest BCUT2D eigenvalue weighted by Gasteiger charge is -2.20. The number of fused-ring (bicyclic) bond motifs is 2. The van der Waals surface area contributed by atoms with E-state index >= 15 is 0 Å². The maximum Gasteiger partial charge on any atom is 0.262 e. The van der Waals surface area contributed by atoms with Crippen molar-refractivity contribution in [2.24, 2.45) is 0 Å². The number of nitrogens with zero attached hydrogens (tertiary/aromatic N) is 2. The summed E-state index contributed by atoms with van der Waals surface area (Å²) in [5.41, 5.74) is 2.41.